The zero-order valence-corrected chi connectivity index (χ0v) is 12.0. The first-order chi connectivity index (χ1) is 10.2. The van der Waals surface area contributed by atoms with Crippen LogP contribution in [0, 0.1) is 0 Å². The summed E-state index contributed by atoms with van der Waals surface area (Å²) in [5.74, 6) is 0.682. The van der Waals surface area contributed by atoms with Gasteiger partial charge in [-0.25, -0.2) is 0 Å². The Bertz CT molecular complexity index is 505. The average molecular weight is 291 g/mol. The molecule has 0 bridgehead atoms. The number of anilines is 1. The largest absolute Gasteiger partial charge is 0.482 e. The van der Waals surface area contributed by atoms with Gasteiger partial charge in [-0.05, 0) is 31.5 Å². The van der Waals surface area contributed by atoms with Crippen molar-refractivity contribution in [1.82, 2.24) is 5.32 Å². The van der Waals surface area contributed by atoms with E-state index in [2.05, 4.69) is 5.32 Å². The van der Waals surface area contributed by atoms with Gasteiger partial charge in [0, 0.05) is 19.5 Å². The normalized spacial score (nSPS) is 13.6. The van der Waals surface area contributed by atoms with Crippen LogP contribution in [0.5, 0.6) is 5.75 Å². The van der Waals surface area contributed by atoms with E-state index < -0.39 is 0 Å². The van der Waals surface area contributed by atoms with Crippen LogP contribution in [0.15, 0.2) is 24.3 Å². The summed E-state index contributed by atoms with van der Waals surface area (Å²) < 4.78 is 5.38. The van der Waals surface area contributed by atoms with E-state index in [1.165, 1.54) is 0 Å². The molecular weight excluding hydrogens is 270 g/mol. The number of carbonyl (C=O) groups is 2. The maximum absolute atomic E-state index is 11.9. The molecular formula is C15H21N3O3. The van der Waals surface area contributed by atoms with Crippen LogP contribution in [0.25, 0.3) is 0 Å². The minimum Gasteiger partial charge on any atom is -0.482 e. The lowest BCUT2D eigenvalue weighted by molar-refractivity contribution is -0.121. The second-order valence-electron chi connectivity index (χ2n) is 4.90. The number of hydrogen-bond donors (Lipinski definition) is 2. The van der Waals surface area contributed by atoms with Crippen molar-refractivity contribution in [3.8, 4) is 5.75 Å². The molecule has 21 heavy (non-hydrogen) atoms. The number of ether oxygens (including phenoxy) is 1. The molecule has 0 spiro atoms. The molecule has 0 radical (unpaired) electrons. The summed E-state index contributed by atoms with van der Waals surface area (Å²) in [5.41, 5.74) is 6.15. The molecule has 1 aromatic rings. The molecule has 114 valence electrons. The van der Waals surface area contributed by atoms with Crippen molar-refractivity contribution in [2.45, 2.75) is 19.3 Å². The highest BCUT2D eigenvalue weighted by atomic mass is 16.5. The highest BCUT2D eigenvalue weighted by Crippen LogP contribution is 2.31. The third-order valence-corrected chi connectivity index (χ3v) is 3.30. The molecule has 6 heteroatoms. The van der Waals surface area contributed by atoms with E-state index in [4.69, 9.17) is 10.5 Å². The number of nitrogens with zero attached hydrogens (tertiary/aromatic N) is 1. The molecule has 0 saturated carbocycles. The highest BCUT2D eigenvalue weighted by Gasteiger charge is 2.24. The molecule has 3 N–H and O–H groups in total. The maximum atomic E-state index is 11.9. The number of carbonyl (C=O) groups excluding carboxylic acids is 2. The molecule has 0 aliphatic carbocycles. The Hall–Kier alpha value is -2.08. The van der Waals surface area contributed by atoms with Crippen LogP contribution in [0.2, 0.25) is 0 Å². The summed E-state index contributed by atoms with van der Waals surface area (Å²) in [6.07, 6.45) is 1.85. The maximum Gasteiger partial charge on any atom is 0.265 e. The summed E-state index contributed by atoms with van der Waals surface area (Å²) >= 11 is 0. The van der Waals surface area contributed by atoms with Crippen molar-refractivity contribution < 1.29 is 14.3 Å². The second kappa shape index (κ2) is 7.64. The van der Waals surface area contributed by atoms with Gasteiger partial charge in [0.25, 0.3) is 5.91 Å². The first-order valence-electron chi connectivity index (χ1n) is 7.21. The monoisotopic (exact) mass is 291 g/mol. The van der Waals surface area contributed by atoms with Gasteiger partial charge in [0.05, 0.1) is 5.69 Å². The average Bonchev–Trinajstić information content (AvgIpc) is 2.51. The van der Waals surface area contributed by atoms with Crippen molar-refractivity contribution in [2.75, 3.05) is 31.1 Å². The Morgan fingerprint density at radius 3 is 2.95 bits per heavy atom. The Morgan fingerprint density at radius 2 is 2.14 bits per heavy atom. The zero-order valence-electron chi connectivity index (χ0n) is 12.0. The third-order valence-electron chi connectivity index (χ3n) is 3.30. The first-order valence-corrected chi connectivity index (χ1v) is 7.21. The summed E-state index contributed by atoms with van der Waals surface area (Å²) in [6, 6.07) is 7.47. The summed E-state index contributed by atoms with van der Waals surface area (Å²) in [5, 5.41) is 2.83. The summed E-state index contributed by atoms with van der Waals surface area (Å²) in [7, 11) is 0. The van der Waals surface area contributed by atoms with Gasteiger partial charge in [0.15, 0.2) is 6.61 Å². The van der Waals surface area contributed by atoms with Gasteiger partial charge in [-0.15, -0.1) is 0 Å². The van der Waals surface area contributed by atoms with Crippen LogP contribution in [-0.4, -0.2) is 38.1 Å². The predicted molar refractivity (Wildman–Crippen MR) is 80.2 cm³/mol. The summed E-state index contributed by atoms with van der Waals surface area (Å²) in [4.78, 5) is 25.1. The number of fused-ring (bicyclic) bond motifs is 1. The zero-order chi connectivity index (χ0) is 15.1. The minimum absolute atomic E-state index is 0.00848. The smallest absolute Gasteiger partial charge is 0.265 e. The molecule has 1 aromatic carbocycles. The molecule has 1 aliphatic rings. The van der Waals surface area contributed by atoms with E-state index in [9.17, 15) is 9.59 Å². The molecule has 2 amide bonds. The van der Waals surface area contributed by atoms with Crippen LogP contribution in [0.3, 0.4) is 0 Å². The predicted octanol–water partition coefficient (Wildman–Crippen LogP) is 0.657. The van der Waals surface area contributed by atoms with Crippen LogP contribution in [0.4, 0.5) is 5.69 Å². The van der Waals surface area contributed by atoms with Crippen LogP contribution in [0.1, 0.15) is 19.3 Å². The first kappa shape index (κ1) is 15.3. The van der Waals surface area contributed by atoms with Crippen molar-refractivity contribution >= 4 is 17.5 Å². The molecule has 0 fully saturated rings. The lowest BCUT2D eigenvalue weighted by Crippen LogP contribution is -2.40. The fourth-order valence-corrected chi connectivity index (χ4v) is 2.22. The number of para-hydroxylation sites is 2. The number of rotatable bonds is 7. The Labute approximate surface area is 124 Å². The fourth-order valence-electron chi connectivity index (χ4n) is 2.22. The van der Waals surface area contributed by atoms with Gasteiger partial charge in [0.1, 0.15) is 5.75 Å². The van der Waals surface area contributed by atoms with E-state index in [-0.39, 0.29) is 18.4 Å². The Morgan fingerprint density at radius 1 is 1.33 bits per heavy atom. The minimum atomic E-state index is -0.0526. The van der Waals surface area contributed by atoms with Crippen molar-refractivity contribution in [1.29, 1.82) is 0 Å². The van der Waals surface area contributed by atoms with Gasteiger partial charge in [-0.2, -0.15) is 0 Å². The van der Waals surface area contributed by atoms with Gasteiger partial charge in [-0.3, -0.25) is 9.59 Å². The number of benzene rings is 1. The van der Waals surface area contributed by atoms with Crippen LogP contribution in [-0.2, 0) is 9.59 Å². The number of nitrogens with one attached hydrogen (secondary N) is 1. The number of hydrogen-bond acceptors (Lipinski definition) is 4. The van der Waals surface area contributed by atoms with Crippen molar-refractivity contribution in [3.63, 3.8) is 0 Å². The molecule has 6 nitrogen and oxygen atoms in total. The van der Waals surface area contributed by atoms with E-state index in [0.29, 0.717) is 38.9 Å². The quantitative estimate of drug-likeness (QED) is 0.723. The number of amides is 2. The third kappa shape index (κ3) is 4.19. The molecule has 2 rings (SSSR count). The van der Waals surface area contributed by atoms with Gasteiger partial charge in [-0.1, -0.05) is 12.1 Å². The second-order valence-corrected chi connectivity index (χ2v) is 4.90. The molecule has 0 saturated heterocycles. The Kier molecular flexibility index (Phi) is 5.57. The SMILES string of the molecule is NCCCC(=O)NCCCN1C(=O)COc2ccccc21. The van der Waals surface area contributed by atoms with E-state index >= 15 is 0 Å². The molecule has 0 aromatic heterocycles. The molecule has 0 atom stereocenters. The molecule has 1 aliphatic heterocycles. The van der Waals surface area contributed by atoms with Gasteiger partial charge >= 0.3 is 0 Å². The van der Waals surface area contributed by atoms with E-state index in [0.717, 1.165) is 11.4 Å². The molecule has 1 heterocycles. The van der Waals surface area contributed by atoms with E-state index in [1.54, 1.807) is 4.90 Å². The lowest BCUT2D eigenvalue weighted by Gasteiger charge is -2.29. The number of nitrogens with two attached hydrogens (primary N) is 1. The lowest BCUT2D eigenvalue weighted by atomic mass is 10.2. The topological polar surface area (TPSA) is 84.7 Å². The van der Waals surface area contributed by atoms with E-state index in [1.807, 2.05) is 24.3 Å². The summed E-state index contributed by atoms with van der Waals surface area (Å²) in [6.45, 7) is 1.71. The Balaban J connectivity index is 1.80. The van der Waals surface area contributed by atoms with Gasteiger partial charge in [0.2, 0.25) is 5.91 Å². The molecule has 0 unspecified atom stereocenters. The van der Waals surface area contributed by atoms with Crippen molar-refractivity contribution in [3.05, 3.63) is 24.3 Å². The highest BCUT2D eigenvalue weighted by molar-refractivity contribution is 5.97. The standard InChI is InChI=1S/C15H21N3O3/c16-8-3-7-14(19)17-9-4-10-18-12-5-1-2-6-13(12)21-11-15(18)20/h1-2,5-6H,3-4,7-11,16H2,(H,17,19). The van der Waals surface area contributed by atoms with Crippen LogP contribution >= 0.6 is 0 Å². The fraction of sp³-hybridized carbons (Fsp3) is 0.467. The van der Waals surface area contributed by atoms with Crippen LogP contribution < -0.4 is 20.7 Å². The van der Waals surface area contributed by atoms with Gasteiger partial charge < -0.3 is 20.7 Å². The van der Waals surface area contributed by atoms with Crippen molar-refractivity contribution in [2.24, 2.45) is 5.73 Å².